The summed E-state index contributed by atoms with van der Waals surface area (Å²) in [7, 11) is 0. The van der Waals surface area contributed by atoms with E-state index >= 15 is 0 Å². The third-order valence-electron chi connectivity index (χ3n) is 3.43. The second-order valence-electron chi connectivity index (χ2n) is 5.17. The second-order valence-corrected chi connectivity index (χ2v) is 5.17. The first-order chi connectivity index (χ1) is 8.67. The third-order valence-corrected chi connectivity index (χ3v) is 3.43. The number of aryl methyl sites for hydroxylation is 5. The molecular weight excluding hydrogens is 216 g/mol. The SMILES string of the molecule is CCc1cc(C)cc(CCc2ccc(C)cc2)c1. The normalized spacial score (nSPS) is 10.6. The summed E-state index contributed by atoms with van der Waals surface area (Å²) in [5.74, 6) is 0. The molecule has 0 spiro atoms. The van der Waals surface area contributed by atoms with E-state index in [4.69, 9.17) is 0 Å². The van der Waals surface area contributed by atoms with Gasteiger partial charge < -0.3 is 0 Å². The van der Waals surface area contributed by atoms with E-state index in [1.54, 1.807) is 0 Å². The first-order valence-electron chi connectivity index (χ1n) is 6.82. The van der Waals surface area contributed by atoms with Crippen molar-refractivity contribution < 1.29 is 0 Å². The van der Waals surface area contributed by atoms with Crippen LogP contribution in [0.3, 0.4) is 0 Å². The van der Waals surface area contributed by atoms with Crippen molar-refractivity contribution in [3.8, 4) is 0 Å². The second kappa shape index (κ2) is 5.86. The van der Waals surface area contributed by atoms with Crippen molar-refractivity contribution in [3.63, 3.8) is 0 Å². The summed E-state index contributed by atoms with van der Waals surface area (Å²) < 4.78 is 0. The van der Waals surface area contributed by atoms with Gasteiger partial charge >= 0.3 is 0 Å². The maximum Gasteiger partial charge on any atom is -0.0238 e. The lowest BCUT2D eigenvalue weighted by Gasteiger charge is -2.07. The van der Waals surface area contributed by atoms with Crippen LogP contribution in [0.15, 0.2) is 42.5 Å². The highest BCUT2D eigenvalue weighted by Gasteiger charge is 1.99. The lowest BCUT2D eigenvalue weighted by molar-refractivity contribution is 0.949. The molecule has 2 rings (SSSR count). The Bertz CT molecular complexity index is 506. The molecule has 18 heavy (non-hydrogen) atoms. The molecule has 0 nitrogen and oxygen atoms in total. The minimum absolute atomic E-state index is 1.12. The molecule has 0 heterocycles. The highest BCUT2D eigenvalue weighted by molar-refractivity contribution is 5.30. The molecule has 94 valence electrons. The highest BCUT2D eigenvalue weighted by Crippen LogP contribution is 2.13. The van der Waals surface area contributed by atoms with Crippen molar-refractivity contribution in [1.29, 1.82) is 0 Å². The fraction of sp³-hybridized carbons (Fsp3) is 0.333. The molecule has 2 aromatic rings. The predicted octanol–water partition coefficient (Wildman–Crippen LogP) is 4.65. The molecule has 0 aromatic heterocycles. The molecule has 0 radical (unpaired) electrons. The summed E-state index contributed by atoms with van der Waals surface area (Å²) in [6, 6.07) is 15.8. The molecule has 0 N–H and O–H groups in total. The summed E-state index contributed by atoms with van der Waals surface area (Å²) in [6.45, 7) is 6.55. The van der Waals surface area contributed by atoms with Gasteiger partial charge in [-0.3, -0.25) is 0 Å². The van der Waals surface area contributed by atoms with Crippen molar-refractivity contribution >= 4 is 0 Å². The van der Waals surface area contributed by atoms with E-state index in [0.29, 0.717) is 0 Å². The summed E-state index contributed by atoms with van der Waals surface area (Å²) in [5, 5.41) is 0. The smallest absolute Gasteiger partial charge is 0.0238 e. The van der Waals surface area contributed by atoms with Crippen LogP contribution in [0.1, 0.15) is 34.7 Å². The van der Waals surface area contributed by atoms with Crippen LogP contribution in [0.2, 0.25) is 0 Å². The zero-order valence-electron chi connectivity index (χ0n) is 11.7. The van der Waals surface area contributed by atoms with Crippen molar-refractivity contribution in [1.82, 2.24) is 0 Å². The van der Waals surface area contributed by atoms with E-state index in [9.17, 15) is 0 Å². The zero-order valence-corrected chi connectivity index (χ0v) is 11.7. The molecule has 0 bridgehead atoms. The van der Waals surface area contributed by atoms with Gasteiger partial charge in [-0.1, -0.05) is 60.5 Å². The van der Waals surface area contributed by atoms with E-state index in [-0.39, 0.29) is 0 Å². The van der Waals surface area contributed by atoms with Crippen LogP contribution in [0.25, 0.3) is 0 Å². The van der Waals surface area contributed by atoms with Gasteiger partial charge in [0.15, 0.2) is 0 Å². The van der Waals surface area contributed by atoms with Crippen LogP contribution in [0.5, 0.6) is 0 Å². The molecule has 0 aliphatic rings. The molecule has 0 amide bonds. The van der Waals surface area contributed by atoms with E-state index in [1.807, 2.05) is 0 Å². The minimum Gasteiger partial charge on any atom is -0.0613 e. The summed E-state index contributed by atoms with van der Waals surface area (Å²) in [5.41, 5.74) is 7.07. The van der Waals surface area contributed by atoms with E-state index in [0.717, 1.165) is 19.3 Å². The van der Waals surface area contributed by atoms with Gasteiger partial charge in [-0.2, -0.15) is 0 Å². The Labute approximate surface area is 111 Å². The molecule has 0 fully saturated rings. The zero-order chi connectivity index (χ0) is 13.0. The van der Waals surface area contributed by atoms with E-state index < -0.39 is 0 Å². The van der Waals surface area contributed by atoms with Gasteiger partial charge in [0.2, 0.25) is 0 Å². The lowest BCUT2D eigenvalue weighted by Crippen LogP contribution is -1.94. The highest BCUT2D eigenvalue weighted by atomic mass is 14.0. The maximum atomic E-state index is 2.35. The van der Waals surface area contributed by atoms with Gasteiger partial charge in [0.1, 0.15) is 0 Å². The van der Waals surface area contributed by atoms with Gasteiger partial charge in [0.05, 0.1) is 0 Å². The molecule has 0 aliphatic heterocycles. The van der Waals surface area contributed by atoms with Gasteiger partial charge in [0.25, 0.3) is 0 Å². The Kier molecular flexibility index (Phi) is 4.19. The van der Waals surface area contributed by atoms with Gasteiger partial charge in [-0.15, -0.1) is 0 Å². The van der Waals surface area contributed by atoms with Crippen molar-refractivity contribution in [2.45, 2.75) is 40.0 Å². The van der Waals surface area contributed by atoms with Crippen LogP contribution < -0.4 is 0 Å². The monoisotopic (exact) mass is 238 g/mol. The van der Waals surface area contributed by atoms with E-state index in [1.165, 1.54) is 27.8 Å². The fourth-order valence-electron chi connectivity index (χ4n) is 2.34. The van der Waals surface area contributed by atoms with Crippen LogP contribution >= 0.6 is 0 Å². The molecule has 0 atom stereocenters. The lowest BCUT2D eigenvalue weighted by atomic mass is 9.99. The summed E-state index contributed by atoms with van der Waals surface area (Å²) in [4.78, 5) is 0. The number of rotatable bonds is 4. The maximum absolute atomic E-state index is 2.35. The average molecular weight is 238 g/mol. The van der Waals surface area contributed by atoms with Crippen LogP contribution in [0, 0.1) is 13.8 Å². The van der Waals surface area contributed by atoms with Gasteiger partial charge in [-0.25, -0.2) is 0 Å². The quantitative estimate of drug-likeness (QED) is 0.727. The number of hydrogen-bond donors (Lipinski definition) is 0. The molecule has 0 aliphatic carbocycles. The van der Waals surface area contributed by atoms with Crippen molar-refractivity contribution in [2.75, 3.05) is 0 Å². The van der Waals surface area contributed by atoms with Crippen LogP contribution in [0.4, 0.5) is 0 Å². The molecule has 0 saturated heterocycles. The summed E-state index contributed by atoms with van der Waals surface area (Å²) in [6.07, 6.45) is 3.39. The van der Waals surface area contributed by atoms with Crippen molar-refractivity contribution in [2.24, 2.45) is 0 Å². The topological polar surface area (TPSA) is 0 Å². The Hall–Kier alpha value is -1.56. The molecular formula is C18H22. The number of hydrogen-bond acceptors (Lipinski definition) is 0. The van der Waals surface area contributed by atoms with Gasteiger partial charge in [0, 0.05) is 0 Å². The molecule has 2 aromatic carbocycles. The average Bonchev–Trinajstić information content (AvgIpc) is 2.37. The standard InChI is InChI=1S/C18H22/c1-4-16-11-15(3)12-18(13-16)10-9-17-7-5-14(2)6-8-17/h5-8,11-13H,4,9-10H2,1-3H3. The first-order valence-corrected chi connectivity index (χ1v) is 6.82. The summed E-state index contributed by atoms with van der Waals surface area (Å²) >= 11 is 0. The number of benzene rings is 2. The molecule has 0 saturated carbocycles. The third kappa shape index (κ3) is 3.46. The van der Waals surface area contributed by atoms with E-state index in [2.05, 4.69) is 63.2 Å². The molecule has 0 unspecified atom stereocenters. The van der Waals surface area contributed by atoms with Crippen molar-refractivity contribution in [3.05, 3.63) is 70.3 Å². The Morgan fingerprint density at radius 3 is 1.94 bits per heavy atom. The van der Waals surface area contributed by atoms with Crippen LogP contribution in [-0.2, 0) is 19.3 Å². The molecule has 0 heteroatoms. The largest absolute Gasteiger partial charge is 0.0613 e. The Balaban J connectivity index is 2.05. The fourth-order valence-corrected chi connectivity index (χ4v) is 2.34. The van der Waals surface area contributed by atoms with Crippen LogP contribution in [-0.4, -0.2) is 0 Å². The first kappa shape index (κ1) is 12.9. The Morgan fingerprint density at radius 2 is 1.28 bits per heavy atom. The minimum atomic E-state index is 1.12. The Morgan fingerprint density at radius 1 is 0.667 bits per heavy atom. The van der Waals surface area contributed by atoms with Gasteiger partial charge in [-0.05, 0) is 49.8 Å². The predicted molar refractivity (Wildman–Crippen MR) is 79.1 cm³/mol.